The smallest absolute Gasteiger partial charge is 0.388 e. The van der Waals surface area contributed by atoms with E-state index in [1.54, 1.807) is 18.3 Å². The first-order valence-electron chi connectivity index (χ1n) is 14.2. The summed E-state index contributed by atoms with van der Waals surface area (Å²) in [6, 6.07) is 12.3. The zero-order valence-corrected chi connectivity index (χ0v) is 23.7. The van der Waals surface area contributed by atoms with Crippen molar-refractivity contribution in [3.8, 4) is 45.5 Å². The van der Waals surface area contributed by atoms with Crippen LogP contribution in [0, 0.1) is 5.92 Å². The van der Waals surface area contributed by atoms with E-state index < -0.39 is 48.6 Å². The molecule has 7 rings (SSSR count). The Kier molecular flexibility index (Phi) is 7.17. The highest BCUT2D eigenvalue weighted by Crippen LogP contribution is 2.50. The third kappa shape index (κ3) is 5.36. The Morgan fingerprint density at radius 1 is 1.11 bits per heavy atom. The summed E-state index contributed by atoms with van der Waals surface area (Å²) >= 11 is 0. The van der Waals surface area contributed by atoms with Gasteiger partial charge in [-0.05, 0) is 24.1 Å². The maximum atomic E-state index is 14.7. The zero-order chi connectivity index (χ0) is 31.4. The van der Waals surface area contributed by atoms with Crippen LogP contribution < -0.4 is 14.8 Å². The first-order valence-corrected chi connectivity index (χ1v) is 14.2. The number of rotatable bonds is 9. The summed E-state index contributed by atoms with van der Waals surface area (Å²) in [5, 5.41) is 10.9. The second-order valence-corrected chi connectivity index (χ2v) is 11.0. The molecule has 3 aromatic rings. The van der Waals surface area contributed by atoms with Crippen LogP contribution in [0.1, 0.15) is 25.5 Å². The predicted octanol–water partition coefficient (Wildman–Crippen LogP) is 5.32. The van der Waals surface area contributed by atoms with Gasteiger partial charge in [-0.15, -0.1) is 5.10 Å². The number of halogens is 5. The van der Waals surface area contributed by atoms with E-state index in [4.69, 9.17) is 14.5 Å². The lowest BCUT2D eigenvalue weighted by Crippen LogP contribution is -2.45. The molecule has 0 spiro atoms. The molecule has 5 heterocycles. The molecule has 3 atom stereocenters. The van der Waals surface area contributed by atoms with Gasteiger partial charge in [-0.25, -0.2) is 22.8 Å². The Morgan fingerprint density at radius 3 is 2.60 bits per heavy atom. The van der Waals surface area contributed by atoms with Crippen LogP contribution in [0.15, 0.2) is 54.9 Å². The summed E-state index contributed by atoms with van der Waals surface area (Å²) in [6.45, 7) is -2.92. The molecule has 45 heavy (non-hydrogen) atoms. The van der Waals surface area contributed by atoms with E-state index >= 15 is 0 Å². The summed E-state index contributed by atoms with van der Waals surface area (Å²) in [7, 11) is 1.52. The number of fused-ring (bicyclic) bond motifs is 2. The summed E-state index contributed by atoms with van der Waals surface area (Å²) < 4.78 is 84.7. The van der Waals surface area contributed by atoms with Crippen LogP contribution in [0.4, 0.5) is 22.0 Å². The minimum Gasteiger partial charge on any atom is -0.475 e. The van der Waals surface area contributed by atoms with Crippen molar-refractivity contribution >= 4 is 5.91 Å². The summed E-state index contributed by atoms with van der Waals surface area (Å²) in [5.74, 6) is -1.24. The van der Waals surface area contributed by atoms with Gasteiger partial charge < -0.3 is 19.4 Å². The average Bonchev–Trinajstić information content (AvgIpc) is 3.29. The van der Waals surface area contributed by atoms with Crippen molar-refractivity contribution in [2.24, 2.45) is 13.0 Å². The number of ether oxygens (including phenoxy) is 2. The molecule has 1 amide bonds. The molecular weight excluding hydrogens is 601 g/mol. The number of amides is 1. The van der Waals surface area contributed by atoms with Crippen molar-refractivity contribution in [2.45, 2.75) is 44.8 Å². The Morgan fingerprint density at radius 2 is 1.89 bits per heavy atom. The second-order valence-electron chi connectivity index (χ2n) is 11.0. The van der Waals surface area contributed by atoms with Crippen molar-refractivity contribution in [1.82, 2.24) is 34.4 Å². The quantitative estimate of drug-likeness (QED) is 0.222. The SMILES string of the molecule is Cn1cc(-c2c3cccn(Cc4ccccc4)c-3nc2-c2c(C(F)F)nn3c2OC[C@@H](NC(=O)[C@@H]2C[C@@H]2F)C3)c(OC(F)F)n1.[HH]. The van der Waals surface area contributed by atoms with Gasteiger partial charge in [0.05, 0.1) is 35.3 Å². The minimum absolute atomic E-state index is 0. The van der Waals surface area contributed by atoms with Crippen LogP contribution in [0.25, 0.3) is 33.8 Å². The standard InChI is InChI=1S/C30H26F5N7O3.H2/c1-40-13-19(28(39-40)45-30(34)35)21-17-8-5-9-41(11-15-6-3-2-4-7-15)26(17)37-23(21)22-24(25(32)33)38-42-12-16(14-44-29(22)42)36-27(43)18-10-20(18)31;/h2-9,13,16,18,20,25,30H,10-12,14H2,1H3,(H,36,43);1H/t16-,18+,20-;/m0./s1. The molecule has 3 aliphatic heterocycles. The van der Waals surface area contributed by atoms with Crippen molar-refractivity contribution in [3.05, 3.63) is 66.1 Å². The average molecular weight is 630 g/mol. The fourth-order valence-corrected chi connectivity index (χ4v) is 5.71. The molecule has 1 fully saturated rings. The highest BCUT2D eigenvalue weighted by molar-refractivity contribution is 5.97. The first-order chi connectivity index (χ1) is 21.7. The molecule has 0 radical (unpaired) electrons. The van der Waals surface area contributed by atoms with Gasteiger partial charge in [-0.1, -0.05) is 30.3 Å². The van der Waals surface area contributed by atoms with E-state index in [0.29, 0.717) is 17.9 Å². The van der Waals surface area contributed by atoms with Gasteiger partial charge in [-0.3, -0.25) is 9.48 Å². The van der Waals surface area contributed by atoms with Crippen LogP contribution >= 0.6 is 0 Å². The number of hydrogen-bond donors (Lipinski definition) is 1. The number of hydrogen-bond acceptors (Lipinski definition) is 6. The van der Waals surface area contributed by atoms with E-state index in [2.05, 4.69) is 15.5 Å². The Balaban J connectivity index is 0.00000372. The molecule has 1 aliphatic carbocycles. The number of benzene rings is 1. The highest BCUT2D eigenvalue weighted by Gasteiger charge is 2.45. The molecule has 236 valence electrons. The zero-order valence-electron chi connectivity index (χ0n) is 23.7. The second kappa shape index (κ2) is 11.2. The summed E-state index contributed by atoms with van der Waals surface area (Å²) in [6.07, 6.45) is -0.890. The van der Waals surface area contributed by atoms with Crippen LogP contribution in [0.2, 0.25) is 0 Å². The van der Waals surface area contributed by atoms with Gasteiger partial charge >= 0.3 is 6.61 Å². The van der Waals surface area contributed by atoms with E-state index in [-0.39, 0.29) is 49.3 Å². The van der Waals surface area contributed by atoms with Gasteiger partial charge in [0.25, 0.3) is 6.43 Å². The maximum Gasteiger partial charge on any atom is 0.388 e. The number of carbonyl (C=O) groups is 1. The largest absolute Gasteiger partial charge is 0.475 e. The van der Waals surface area contributed by atoms with Crippen molar-refractivity contribution in [3.63, 3.8) is 0 Å². The Labute approximate surface area is 254 Å². The number of carbonyl (C=O) groups excluding carboxylic acids is 1. The minimum atomic E-state index is -3.20. The predicted molar refractivity (Wildman–Crippen MR) is 152 cm³/mol. The van der Waals surface area contributed by atoms with Crippen LogP contribution in [-0.2, 0) is 24.9 Å². The van der Waals surface area contributed by atoms with Crippen molar-refractivity contribution in [1.29, 1.82) is 0 Å². The van der Waals surface area contributed by atoms with E-state index in [1.807, 2.05) is 34.9 Å². The normalized spacial score (nSPS) is 19.2. The van der Waals surface area contributed by atoms with Crippen LogP contribution in [0.3, 0.4) is 0 Å². The number of aromatic nitrogens is 6. The van der Waals surface area contributed by atoms with Gasteiger partial charge in [0.2, 0.25) is 17.7 Å². The lowest BCUT2D eigenvalue weighted by atomic mass is 9.98. The molecule has 0 unspecified atom stereocenters. The molecule has 0 bridgehead atoms. The van der Waals surface area contributed by atoms with E-state index in [1.165, 1.54) is 22.6 Å². The molecule has 15 heteroatoms. The molecule has 2 aromatic heterocycles. The monoisotopic (exact) mass is 629 g/mol. The van der Waals surface area contributed by atoms with Crippen LogP contribution in [0.5, 0.6) is 11.8 Å². The number of aryl methyl sites for hydroxylation is 1. The molecule has 1 N–H and O–H groups in total. The molecule has 10 nitrogen and oxygen atoms in total. The summed E-state index contributed by atoms with van der Waals surface area (Å²) in [5.41, 5.74) is 1.02. The van der Waals surface area contributed by atoms with Gasteiger partial charge in [0.15, 0.2) is 0 Å². The van der Waals surface area contributed by atoms with Gasteiger partial charge in [0.1, 0.15) is 24.3 Å². The Bertz CT molecular complexity index is 1840. The fraction of sp³-hybridized carbons (Fsp3) is 0.333. The molecule has 1 aromatic carbocycles. The molecule has 4 aliphatic rings. The maximum absolute atomic E-state index is 14.7. The van der Waals surface area contributed by atoms with E-state index in [0.717, 1.165) is 5.56 Å². The fourth-order valence-electron chi connectivity index (χ4n) is 5.71. The topological polar surface area (TPSA) is 101 Å². The molecule has 1 saturated carbocycles. The number of nitrogens with zero attached hydrogens (tertiary/aromatic N) is 6. The highest BCUT2D eigenvalue weighted by atomic mass is 19.3. The molecular formula is C30H28F5N7O3. The third-order valence-electron chi connectivity index (χ3n) is 7.81. The number of alkyl halides is 5. The summed E-state index contributed by atoms with van der Waals surface area (Å²) in [4.78, 5) is 17.2. The lowest BCUT2D eigenvalue weighted by molar-refractivity contribution is -0.123. The number of nitrogens with one attached hydrogen (secondary N) is 1. The lowest BCUT2D eigenvalue weighted by Gasteiger charge is -2.25. The van der Waals surface area contributed by atoms with Crippen LogP contribution in [-0.4, -0.2) is 60.5 Å². The van der Waals surface area contributed by atoms with Gasteiger partial charge in [0, 0.05) is 38.5 Å². The van der Waals surface area contributed by atoms with Crippen molar-refractivity contribution in [2.75, 3.05) is 6.61 Å². The van der Waals surface area contributed by atoms with Gasteiger partial charge in [-0.2, -0.15) is 13.9 Å². The first kappa shape index (κ1) is 28.8. The van der Waals surface area contributed by atoms with E-state index in [9.17, 15) is 26.7 Å². The molecule has 0 saturated heterocycles. The van der Waals surface area contributed by atoms with Crippen molar-refractivity contribution < 1.29 is 37.6 Å². The third-order valence-corrected chi connectivity index (χ3v) is 7.81. The number of pyridine rings is 1. The Hall–Kier alpha value is -4.95.